The second kappa shape index (κ2) is 12.4. The summed E-state index contributed by atoms with van der Waals surface area (Å²) in [4.78, 5) is 29.1. The van der Waals surface area contributed by atoms with E-state index in [4.69, 9.17) is 23.2 Å². The topological polar surface area (TPSA) is 64.7 Å². The van der Waals surface area contributed by atoms with Gasteiger partial charge in [0.15, 0.2) is 0 Å². The molecule has 178 valence electrons. The zero-order valence-electron chi connectivity index (χ0n) is 19.2. The van der Waals surface area contributed by atoms with Crippen LogP contribution in [0.2, 0.25) is 10.0 Å². The predicted molar refractivity (Wildman–Crippen MR) is 135 cm³/mol. The van der Waals surface area contributed by atoms with Gasteiger partial charge in [0, 0.05) is 31.2 Å². The number of hydrogen-bond donors (Lipinski definition) is 2. The molecule has 0 saturated carbocycles. The number of likely N-dealkylation sites (tertiary alicyclic amines) is 1. The summed E-state index contributed by atoms with van der Waals surface area (Å²) in [6.07, 6.45) is 1.97. The first-order valence-electron chi connectivity index (χ1n) is 11.3. The molecule has 2 aromatic rings. The smallest absolute Gasteiger partial charge is 0.227 e. The van der Waals surface area contributed by atoms with Gasteiger partial charge in [0.2, 0.25) is 11.8 Å². The van der Waals surface area contributed by atoms with Crippen molar-refractivity contribution in [1.82, 2.24) is 15.1 Å². The van der Waals surface area contributed by atoms with E-state index in [-0.39, 0.29) is 17.7 Å². The third-order valence-electron chi connectivity index (χ3n) is 5.82. The van der Waals surface area contributed by atoms with Crippen LogP contribution >= 0.6 is 23.2 Å². The number of hydrogen-bond acceptors (Lipinski definition) is 4. The van der Waals surface area contributed by atoms with Gasteiger partial charge in [-0.25, -0.2) is 0 Å². The van der Waals surface area contributed by atoms with E-state index in [1.165, 1.54) is 0 Å². The Kier molecular flexibility index (Phi) is 9.56. The zero-order chi connectivity index (χ0) is 23.8. The van der Waals surface area contributed by atoms with Crippen LogP contribution in [0.4, 0.5) is 5.69 Å². The monoisotopic (exact) mass is 490 g/mol. The van der Waals surface area contributed by atoms with E-state index < -0.39 is 0 Å². The third kappa shape index (κ3) is 8.31. The number of likely N-dealkylation sites (N-methyl/N-ethyl adjacent to an activating group) is 1. The fourth-order valence-electron chi connectivity index (χ4n) is 3.87. The molecule has 33 heavy (non-hydrogen) atoms. The second-order valence-electron chi connectivity index (χ2n) is 8.82. The molecule has 8 heteroatoms. The normalized spacial score (nSPS) is 14.9. The fourth-order valence-corrected chi connectivity index (χ4v) is 4.19. The molecular formula is C25H32Cl2N4O2. The molecule has 3 rings (SSSR count). The lowest BCUT2D eigenvalue weighted by atomic mass is 9.95. The summed E-state index contributed by atoms with van der Waals surface area (Å²) >= 11 is 12.1. The van der Waals surface area contributed by atoms with Gasteiger partial charge in [0.1, 0.15) is 0 Å². The molecule has 0 spiro atoms. The Balaban J connectivity index is 1.41. The first-order valence-corrected chi connectivity index (χ1v) is 12.0. The van der Waals surface area contributed by atoms with E-state index in [1.807, 2.05) is 61.5 Å². The molecule has 1 fully saturated rings. The van der Waals surface area contributed by atoms with Crippen LogP contribution in [0.5, 0.6) is 0 Å². The van der Waals surface area contributed by atoms with Crippen molar-refractivity contribution >= 4 is 40.7 Å². The maximum Gasteiger partial charge on any atom is 0.227 e. The first-order chi connectivity index (χ1) is 15.8. The number of carbonyl (C=O) groups excluding carboxylic acids is 2. The lowest BCUT2D eigenvalue weighted by Gasteiger charge is -2.31. The van der Waals surface area contributed by atoms with Gasteiger partial charge in [0.25, 0.3) is 0 Å². The highest BCUT2D eigenvalue weighted by atomic mass is 35.5. The molecule has 1 aliphatic rings. The quantitative estimate of drug-likeness (QED) is 0.556. The van der Waals surface area contributed by atoms with E-state index in [1.54, 1.807) is 0 Å². The van der Waals surface area contributed by atoms with Crippen molar-refractivity contribution in [2.24, 2.45) is 5.92 Å². The Morgan fingerprint density at radius 3 is 2.30 bits per heavy atom. The van der Waals surface area contributed by atoms with Crippen LogP contribution in [-0.4, -0.2) is 61.9 Å². The van der Waals surface area contributed by atoms with E-state index in [0.29, 0.717) is 23.0 Å². The Bertz CT molecular complexity index is 942. The molecule has 1 heterocycles. The molecule has 2 aromatic carbocycles. The SMILES string of the molecule is CN(C)CCNC(=O)Cc1ccc(NC(=O)C2CCN(Cc3ccc(Cl)c(Cl)c3)CC2)cc1. The molecule has 0 radical (unpaired) electrons. The maximum atomic E-state index is 12.7. The Labute approximate surface area is 206 Å². The number of carbonyl (C=O) groups is 2. The average molecular weight is 491 g/mol. The van der Waals surface area contributed by atoms with E-state index in [0.717, 1.165) is 55.8 Å². The Hall–Kier alpha value is -2.12. The summed E-state index contributed by atoms with van der Waals surface area (Å²) in [5.41, 5.74) is 2.81. The van der Waals surface area contributed by atoms with Crippen LogP contribution < -0.4 is 10.6 Å². The summed E-state index contributed by atoms with van der Waals surface area (Å²) in [6, 6.07) is 13.2. The number of piperidine rings is 1. The molecule has 0 aromatic heterocycles. The van der Waals surface area contributed by atoms with Crippen LogP contribution in [0.1, 0.15) is 24.0 Å². The third-order valence-corrected chi connectivity index (χ3v) is 6.55. The number of rotatable bonds is 9. The molecule has 0 bridgehead atoms. The van der Waals surface area contributed by atoms with Gasteiger partial charge in [-0.2, -0.15) is 0 Å². The lowest BCUT2D eigenvalue weighted by Crippen LogP contribution is -2.37. The number of amides is 2. The van der Waals surface area contributed by atoms with Gasteiger partial charge in [0.05, 0.1) is 16.5 Å². The molecular weight excluding hydrogens is 459 g/mol. The van der Waals surface area contributed by atoms with Crippen molar-refractivity contribution < 1.29 is 9.59 Å². The van der Waals surface area contributed by atoms with Crippen LogP contribution in [0, 0.1) is 5.92 Å². The number of anilines is 1. The van der Waals surface area contributed by atoms with Gasteiger partial charge in [-0.3, -0.25) is 14.5 Å². The average Bonchev–Trinajstić information content (AvgIpc) is 2.78. The van der Waals surface area contributed by atoms with Crippen LogP contribution in [0.25, 0.3) is 0 Å². The highest BCUT2D eigenvalue weighted by Crippen LogP contribution is 2.25. The minimum atomic E-state index is -0.00259. The minimum Gasteiger partial charge on any atom is -0.355 e. The molecule has 6 nitrogen and oxygen atoms in total. The molecule has 0 atom stereocenters. The van der Waals surface area contributed by atoms with Crippen molar-refractivity contribution in [3.8, 4) is 0 Å². The maximum absolute atomic E-state index is 12.7. The summed E-state index contributed by atoms with van der Waals surface area (Å²) in [6.45, 7) is 3.97. The lowest BCUT2D eigenvalue weighted by molar-refractivity contribution is -0.121. The van der Waals surface area contributed by atoms with Gasteiger partial charge in [-0.15, -0.1) is 0 Å². The highest BCUT2D eigenvalue weighted by Gasteiger charge is 2.25. The van der Waals surface area contributed by atoms with Gasteiger partial charge >= 0.3 is 0 Å². The summed E-state index contributed by atoms with van der Waals surface area (Å²) in [7, 11) is 3.94. The van der Waals surface area contributed by atoms with Crippen molar-refractivity contribution in [2.45, 2.75) is 25.8 Å². The van der Waals surface area contributed by atoms with Crippen molar-refractivity contribution in [3.63, 3.8) is 0 Å². The number of nitrogens with zero attached hydrogens (tertiary/aromatic N) is 2. The van der Waals surface area contributed by atoms with Gasteiger partial charge in [-0.05, 0) is 75.4 Å². The van der Waals surface area contributed by atoms with E-state index in [9.17, 15) is 9.59 Å². The Morgan fingerprint density at radius 2 is 1.67 bits per heavy atom. The number of benzene rings is 2. The van der Waals surface area contributed by atoms with E-state index >= 15 is 0 Å². The van der Waals surface area contributed by atoms with Crippen LogP contribution in [-0.2, 0) is 22.6 Å². The summed E-state index contributed by atoms with van der Waals surface area (Å²) in [5.74, 6) is 0.0526. The second-order valence-corrected chi connectivity index (χ2v) is 9.63. The minimum absolute atomic E-state index is 0.00117. The highest BCUT2D eigenvalue weighted by molar-refractivity contribution is 6.42. The number of halogens is 2. The molecule has 1 aliphatic heterocycles. The molecule has 2 N–H and O–H groups in total. The largest absolute Gasteiger partial charge is 0.355 e. The Morgan fingerprint density at radius 1 is 1.00 bits per heavy atom. The molecule has 0 aliphatic carbocycles. The van der Waals surface area contributed by atoms with Crippen molar-refractivity contribution in [3.05, 3.63) is 63.6 Å². The fraction of sp³-hybridized carbons (Fsp3) is 0.440. The first kappa shape index (κ1) is 25.5. The zero-order valence-corrected chi connectivity index (χ0v) is 20.8. The predicted octanol–water partition coefficient (Wildman–Crippen LogP) is 4.06. The number of nitrogens with one attached hydrogen (secondary N) is 2. The standard InChI is InChI=1S/C25H32Cl2N4O2/c1-30(2)14-11-28-24(32)16-18-3-6-21(7-4-18)29-25(33)20-9-12-31(13-10-20)17-19-5-8-22(26)23(27)15-19/h3-8,15,20H,9-14,16-17H2,1-2H3,(H,28,32)(H,29,33). The van der Waals surface area contributed by atoms with Crippen molar-refractivity contribution in [1.29, 1.82) is 0 Å². The van der Waals surface area contributed by atoms with Crippen LogP contribution in [0.15, 0.2) is 42.5 Å². The van der Waals surface area contributed by atoms with E-state index in [2.05, 4.69) is 15.5 Å². The van der Waals surface area contributed by atoms with Gasteiger partial charge < -0.3 is 15.5 Å². The van der Waals surface area contributed by atoms with Gasteiger partial charge in [-0.1, -0.05) is 41.4 Å². The summed E-state index contributed by atoms with van der Waals surface area (Å²) < 4.78 is 0. The molecule has 0 unspecified atom stereocenters. The molecule has 1 saturated heterocycles. The molecule has 2 amide bonds. The van der Waals surface area contributed by atoms with Crippen LogP contribution in [0.3, 0.4) is 0 Å². The summed E-state index contributed by atoms with van der Waals surface area (Å²) in [5, 5.41) is 7.06. The van der Waals surface area contributed by atoms with Crippen molar-refractivity contribution in [2.75, 3.05) is 45.6 Å².